The Hall–Kier alpha value is -1.31. The smallest absolute Gasteiger partial charge is 0.310 e. The van der Waals surface area contributed by atoms with Gasteiger partial charge >= 0.3 is 5.97 Å². The van der Waals surface area contributed by atoms with Gasteiger partial charge in [0.05, 0.1) is 5.92 Å². The highest BCUT2D eigenvalue weighted by atomic mass is 16.4. The van der Waals surface area contributed by atoms with Crippen molar-refractivity contribution in [2.24, 2.45) is 0 Å². The van der Waals surface area contributed by atoms with Crippen LogP contribution in [0.15, 0.2) is 24.3 Å². The summed E-state index contributed by atoms with van der Waals surface area (Å²) in [5.74, 6) is -0.698. The van der Waals surface area contributed by atoms with E-state index in [9.17, 15) is 4.79 Å². The fourth-order valence-corrected chi connectivity index (χ4v) is 1.51. The number of aliphatic carboxylic acids is 1. The van der Waals surface area contributed by atoms with Crippen LogP contribution in [0.1, 0.15) is 50.2 Å². The van der Waals surface area contributed by atoms with Crippen LogP contribution in [0.25, 0.3) is 0 Å². The number of benzene rings is 1. The van der Waals surface area contributed by atoms with E-state index in [-0.39, 0.29) is 0 Å². The van der Waals surface area contributed by atoms with Gasteiger partial charge in [0.15, 0.2) is 0 Å². The molecule has 1 aromatic carbocycles. The molecule has 1 rings (SSSR count). The summed E-state index contributed by atoms with van der Waals surface area (Å²) < 4.78 is 0. The van der Waals surface area contributed by atoms with Crippen molar-refractivity contribution >= 4 is 5.97 Å². The first-order valence-electron chi connectivity index (χ1n) is 5.39. The standard InChI is InChI=1S/C13H18O2/c1-4-9(2)11-6-5-7-12(8-11)10(3)13(14)15/h5-10H,4H2,1-3H3,(H,14,15)/t9-,10+/m0/s1. The molecule has 0 radical (unpaired) electrons. The SMILES string of the molecule is CC[C@H](C)c1cccc([C@@H](C)C(=O)O)c1. The van der Waals surface area contributed by atoms with E-state index in [1.807, 2.05) is 18.2 Å². The molecule has 0 aromatic heterocycles. The second-order valence-corrected chi connectivity index (χ2v) is 4.04. The molecule has 2 nitrogen and oxygen atoms in total. The molecule has 0 unspecified atom stereocenters. The summed E-state index contributed by atoms with van der Waals surface area (Å²) in [6, 6.07) is 7.89. The van der Waals surface area contributed by atoms with Gasteiger partial charge in [0, 0.05) is 0 Å². The van der Waals surface area contributed by atoms with Crippen molar-refractivity contribution in [2.45, 2.75) is 39.0 Å². The Balaban J connectivity index is 2.97. The van der Waals surface area contributed by atoms with Crippen molar-refractivity contribution in [2.75, 3.05) is 0 Å². The first-order valence-corrected chi connectivity index (χ1v) is 5.39. The van der Waals surface area contributed by atoms with Gasteiger partial charge in [-0.05, 0) is 30.4 Å². The lowest BCUT2D eigenvalue weighted by Gasteiger charge is -2.12. The molecule has 2 heteroatoms. The van der Waals surface area contributed by atoms with Crippen LogP contribution in [0.5, 0.6) is 0 Å². The summed E-state index contributed by atoms with van der Waals surface area (Å²) in [5.41, 5.74) is 2.11. The van der Waals surface area contributed by atoms with Crippen molar-refractivity contribution in [1.82, 2.24) is 0 Å². The first-order chi connectivity index (χ1) is 7.06. The number of carbonyl (C=O) groups is 1. The maximum absolute atomic E-state index is 10.9. The van der Waals surface area contributed by atoms with Gasteiger partial charge in [-0.15, -0.1) is 0 Å². The second-order valence-electron chi connectivity index (χ2n) is 4.04. The average Bonchev–Trinajstić information content (AvgIpc) is 2.27. The molecule has 0 aliphatic rings. The van der Waals surface area contributed by atoms with Crippen LogP contribution < -0.4 is 0 Å². The van der Waals surface area contributed by atoms with Crippen LogP contribution in [0.3, 0.4) is 0 Å². The molecule has 0 aliphatic carbocycles. The number of carboxylic acids is 1. The third-order valence-corrected chi connectivity index (χ3v) is 2.96. The van der Waals surface area contributed by atoms with Crippen molar-refractivity contribution in [3.05, 3.63) is 35.4 Å². The van der Waals surface area contributed by atoms with Crippen LogP contribution in [-0.4, -0.2) is 11.1 Å². The highest BCUT2D eigenvalue weighted by molar-refractivity contribution is 5.75. The van der Waals surface area contributed by atoms with Gasteiger partial charge in [-0.1, -0.05) is 38.1 Å². The number of hydrogen-bond donors (Lipinski definition) is 1. The van der Waals surface area contributed by atoms with Gasteiger partial charge in [-0.3, -0.25) is 4.79 Å². The van der Waals surface area contributed by atoms with Crippen LogP contribution in [0.4, 0.5) is 0 Å². The van der Waals surface area contributed by atoms with E-state index >= 15 is 0 Å². The fourth-order valence-electron chi connectivity index (χ4n) is 1.51. The zero-order chi connectivity index (χ0) is 11.4. The quantitative estimate of drug-likeness (QED) is 0.819. The molecule has 15 heavy (non-hydrogen) atoms. The van der Waals surface area contributed by atoms with Gasteiger partial charge < -0.3 is 5.11 Å². The van der Waals surface area contributed by atoms with E-state index in [4.69, 9.17) is 5.11 Å². The molecule has 1 aromatic rings. The third-order valence-electron chi connectivity index (χ3n) is 2.96. The van der Waals surface area contributed by atoms with E-state index in [2.05, 4.69) is 19.9 Å². The Morgan fingerprint density at radius 2 is 1.93 bits per heavy atom. The Labute approximate surface area is 90.9 Å². The van der Waals surface area contributed by atoms with Crippen molar-refractivity contribution in [3.63, 3.8) is 0 Å². The van der Waals surface area contributed by atoms with Gasteiger partial charge in [0.1, 0.15) is 0 Å². The molecule has 1 N–H and O–H groups in total. The molecule has 0 bridgehead atoms. The highest BCUT2D eigenvalue weighted by Gasteiger charge is 2.14. The zero-order valence-corrected chi connectivity index (χ0v) is 9.53. The highest BCUT2D eigenvalue weighted by Crippen LogP contribution is 2.23. The van der Waals surface area contributed by atoms with Crippen molar-refractivity contribution < 1.29 is 9.90 Å². The van der Waals surface area contributed by atoms with Crippen molar-refractivity contribution in [3.8, 4) is 0 Å². The lowest BCUT2D eigenvalue weighted by Crippen LogP contribution is -2.07. The molecule has 0 heterocycles. The second kappa shape index (κ2) is 4.96. The minimum Gasteiger partial charge on any atom is -0.481 e. The zero-order valence-electron chi connectivity index (χ0n) is 9.53. The fraction of sp³-hybridized carbons (Fsp3) is 0.462. The van der Waals surface area contributed by atoms with Gasteiger partial charge in [0.25, 0.3) is 0 Å². The van der Waals surface area contributed by atoms with Crippen LogP contribution in [0, 0.1) is 0 Å². The summed E-state index contributed by atoms with van der Waals surface area (Å²) in [7, 11) is 0. The summed E-state index contributed by atoms with van der Waals surface area (Å²) in [4.78, 5) is 10.9. The predicted octanol–water partition coefficient (Wildman–Crippen LogP) is 3.39. The van der Waals surface area contributed by atoms with E-state index in [1.165, 1.54) is 5.56 Å². The Morgan fingerprint density at radius 1 is 1.33 bits per heavy atom. The van der Waals surface area contributed by atoms with E-state index in [0.29, 0.717) is 5.92 Å². The van der Waals surface area contributed by atoms with E-state index in [1.54, 1.807) is 6.92 Å². The number of carboxylic acid groups (broad SMARTS) is 1. The molecule has 0 spiro atoms. The van der Waals surface area contributed by atoms with Crippen LogP contribution >= 0.6 is 0 Å². The molecule has 82 valence electrons. The molecule has 0 saturated heterocycles. The van der Waals surface area contributed by atoms with E-state index in [0.717, 1.165) is 12.0 Å². The monoisotopic (exact) mass is 206 g/mol. The lowest BCUT2D eigenvalue weighted by atomic mass is 9.93. The minimum atomic E-state index is -0.767. The average molecular weight is 206 g/mol. The van der Waals surface area contributed by atoms with Crippen molar-refractivity contribution in [1.29, 1.82) is 0 Å². The summed E-state index contributed by atoms with van der Waals surface area (Å²) in [5, 5.41) is 8.92. The van der Waals surface area contributed by atoms with Crippen LogP contribution in [0.2, 0.25) is 0 Å². The van der Waals surface area contributed by atoms with E-state index < -0.39 is 11.9 Å². The topological polar surface area (TPSA) is 37.3 Å². The molecular weight excluding hydrogens is 188 g/mol. The Bertz CT molecular complexity index is 344. The molecule has 0 aliphatic heterocycles. The molecule has 2 atom stereocenters. The number of rotatable bonds is 4. The summed E-state index contributed by atoms with van der Waals surface area (Å²) in [6.07, 6.45) is 1.07. The maximum atomic E-state index is 10.9. The minimum absolute atomic E-state index is 0.422. The normalized spacial score (nSPS) is 14.6. The lowest BCUT2D eigenvalue weighted by molar-refractivity contribution is -0.138. The first kappa shape index (κ1) is 11.8. The number of hydrogen-bond acceptors (Lipinski definition) is 1. The third kappa shape index (κ3) is 2.82. The maximum Gasteiger partial charge on any atom is 0.310 e. The molecule has 0 fully saturated rings. The Morgan fingerprint density at radius 3 is 2.47 bits per heavy atom. The molecular formula is C13H18O2. The summed E-state index contributed by atoms with van der Waals surface area (Å²) in [6.45, 7) is 6.01. The largest absolute Gasteiger partial charge is 0.481 e. The summed E-state index contributed by atoms with van der Waals surface area (Å²) >= 11 is 0. The van der Waals surface area contributed by atoms with Crippen LogP contribution in [-0.2, 0) is 4.79 Å². The van der Waals surface area contributed by atoms with Gasteiger partial charge in [0.2, 0.25) is 0 Å². The Kier molecular flexibility index (Phi) is 3.89. The predicted molar refractivity (Wildman–Crippen MR) is 61.2 cm³/mol. The van der Waals surface area contributed by atoms with Gasteiger partial charge in [-0.25, -0.2) is 0 Å². The molecule has 0 amide bonds. The van der Waals surface area contributed by atoms with Gasteiger partial charge in [-0.2, -0.15) is 0 Å². The molecule has 0 saturated carbocycles.